The lowest BCUT2D eigenvalue weighted by molar-refractivity contribution is -0.687. The molecular formula is C9H13FNO2+. The molecule has 0 aliphatic rings. The highest BCUT2D eigenvalue weighted by Gasteiger charge is 2.06. The van der Waals surface area contributed by atoms with Gasteiger partial charge in [0, 0.05) is 6.07 Å². The molecule has 13 heavy (non-hydrogen) atoms. The van der Waals surface area contributed by atoms with Crippen LogP contribution >= 0.6 is 0 Å². The summed E-state index contributed by atoms with van der Waals surface area (Å²) in [5.74, 6) is -1.42. The number of rotatable bonds is 2. The molecule has 1 rings (SSSR count). The maximum atomic E-state index is 12.4. The summed E-state index contributed by atoms with van der Waals surface area (Å²) >= 11 is 0. The molecule has 3 nitrogen and oxygen atoms in total. The molecule has 1 aromatic heterocycles. The second-order valence-electron chi connectivity index (χ2n) is 2.09. The number of hydrogen-bond donors (Lipinski definition) is 1. The molecule has 0 aliphatic heterocycles. The first-order chi connectivity index (χ1) is 6.18. The fraction of sp³-hybridized carbons (Fsp3) is 0.333. The molecule has 72 valence electrons. The van der Waals surface area contributed by atoms with E-state index >= 15 is 0 Å². The number of aromatic nitrogens is 1. The van der Waals surface area contributed by atoms with Crippen LogP contribution in [0.25, 0.3) is 0 Å². The Balaban J connectivity index is 0.000000671. The van der Waals surface area contributed by atoms with Crippen LogP contribution in [0.4, 0.5) is 4.39 Å². The second kappa shape index (κ2) is 6.11. The predicted molar refractivity (Wildman–Crippen MR) is 45.6 cm³/mol. The van der Waals surface area contributed by atoms with Gasteiger partial charge in [-0.15, -0.1) is 0 Å². The highest BCUT2D eigenvalue weighted by Crippen LogP contribution is 1.88. The van der Waals surface area contributed by atoms with E-state index in [4.69, 9.17) is 5.11 Å². The Labute approximate surface area is 76.4 Å². The molecule has 0 fully saturated rings. The quantitative estimate of drug-likeness (QED) is 0.705. The van der Waals surface area contributed by atoms with Crippen LogP contribution in [0.5, 0.6) is 0 Å². The zero-order valence-corrected chi connectivity index (χ0v) is 7.70. The van der Waals surface area contributed by atoms with Crippen molar-refractivity contribution >= 4 is 5.97 Å². The van der Waals surface area contributed by atoms with Crippen molar-refractivity contribution in [2.45, 2.75) is 20.4 Å². The van der Waals surface area contributed by atoms with Crippen LogP contribution < -0.4 is 4.57 Å². The van der Waals surface area contributed by atoms with E-state index in [1.54, 1.807) is 0 Å². The van der Waals surface area contributed by atoms with E-state index in [-0.39, 0.29) is 6.54 Å². The largest absolute Gasteiger partial charge is 0.477 e. The fourth-order valence-electron chi connectivity index (χ4n) is 0.745. The molecule has 0 amide bonds. The third-order valence-electron chi connectivity index (χ3n) is 1.14. The maximum Gasteiger partial charge on any atom is 0.370 e. The van der Waals surface area contributed by atoms with E-state index in [1.807, 2.05) is 13.8 Å². The molecule has 0 bridgehead atoms. The van der Waals surface area contributed by atoms with Crippen LogP contribution in [-0.2, 0) is 11.3 Å². The van der Waals surface area contributed by atoms with E-state index in [1.165, 1.54) is 22.9 Å². The lowest BCUT2D eigenvalue weighted by Crippen LogP contribution is -2.37. The molecule has 0 atom stereocenters. The zero-order valence-electron chi connectivity index (χ0n) is 7.70. The SMILES string of the molecule is CC.O=C(O)C[n+]1cccc(F)c1. The molecule has 0 aromatic carbocycles. The Morgan fingerprint density at radius 2 is 2.23 bits per heavy atom. The van der Waals surface area contributed by atoms with Gasteiger partial charge in [0.2, 0.25) is 12.7 Å². The summed E-state index contributed by atoms with van der Waals surface area (Å²) < 4.78 is 13.7. The zero-order chi connectivity index (χ0) is 10.3. The number of pyridine rings is 1. The van der Waals surface area contributed by atoms with Crippen molar-refractivity contribution in [2.75, 3.05) is 0 Å². The minimum absolute atomic E-state index is 0.211. The third kappa shape index (κ3) is 4.90. The molecule has 0 spiro atoms. The Morgan fingerprint density at radius 1 is 1.62 bits per heavy atom. The first kappa shape index (κ1) is 11.6. The van der Waals surface area contributed by atoms with Crippen molar-refractivity contribution in [2.24, 2.45) is 0 Å². The first-order valence-corrected chi connectivity index (χ1v) is 4.05. The molecule has 0 saturated carbocycles. The van der Waals surface area contributed by atoms with Gasteiger partial charge < -0.3 is 5.11 Å². The number of carboxylic acid groups (broad SMARTS) is 1. The number of halogens is 1. The van der Waals surface area contributed by atoms with Gasteiger partial charge in [-0.25, -0.2) is 9.18 Å². The number of carboxylic acids is 1. The monoisotopic (exact) mass is 186 g/mol. The molecule has 0 radical (unpaired) electrons. The van der Waals surface area contributed by atoms with E-state index in [2.05, 4.69) is 0 Å². The van der Waals surface area contributed by atoms with Crippen LogP contribution in [0.3, 0.4) is 0 Å². The van der Waals surface area contributed by atoms with Gasteiger partial charge >= 0.3 is 5.97 Å². The summed E-state index contributed by atoms with van der Waals surface area (Å²) in [6.07, 6.45) is 2.63. The van der Waals surface area contributed by atoms with Crippen molar-refractivity contribution in [3.05, 3.63) is 30.3 Å². The molecular weight excluding hydrogens is 173 g/mol. The van der Waals surface area contributed by atoms with Crippen molar-refractivity contribution < 1.29 is 18.9 Å². The van der Waals surface area contributed by atoms with Gasteiger partial charge in [-0.2, -0.15) is 4.57 Å². The standard InChI is InChI=1S/C7H6FNO2.C2H6/c8-6-2-1-3-9(4-6)5-7(10)11;1-2/h1-4H,5H2;1-2H3/p+1. The number of hydrogen-bond acceptors (Lipinski definition) is 1. The van der Waals surface area contributed by atoms with Gasteiger partial charge in [-0.05, 0) is 6.07 Å². The van der Waals surface area contributed by atoms with Gasteiger partial charge in [-0.1, -0.05) is 13.8 Å². The van der Waals surface area contributed by atoms with Crippen LogP contribution in [-0.4, -0.2) is 11.1 Å². The lowest BCUT2D eigenvalue weighted by Gasteiger charge is -1.89. The Bertz CT molecular complexity index is 276. The van der Waals surface area contributed by atoms with Crippen LogP contribution in [0.1, 0.15) is 13.8 Å². The van der Waals surface area contributed by atoms with Crippen molar-refractivity contribution in [1.82, 2.24) is 0 Å². The van der Waals surface area contributed by atoms with E-state index < -0.39 is 11.8 Å². The molecule has 0 aliphatic carbocycles. The van der Waals surface area contributed by atoms with Gasteiger partial charge in [0.25, 0.3) is 0 Å². The second-order valence-corrected chi connectivity index (χ2v) is 2.09. The summed E-state index contributed by atoms with van der Waals surface area (Å²) in [5.41, 5.74) is 0. The average molecular weight is 186 g/mol. The summed E-state index contributed by atoms with van der Waals surface area (Å²) in [4.78, 5) is 10.1. The van der Waals surface area contributed by atoms with Crippen molar-refractivity contribution in [3.8, 4) is 0 Å². The Morgan fingerprint density at radius 3 is 2.69 bits per heavy atom. The van der Waals surface area contributed by atoms with Gasteiger partial charge in [0.15, 0.2) is 12.0 Å². The highest BCUT2D eigenvalue weighted by molar-refractivity contribution is 5.64. The first-order valence-electron chi connectivity index (χ1n) is 4.05. The van der Waals surface area contributed by atoms with Gasteiger partial charge in [0.05, 0.1) is 0 Å². The van der Waals surface area contributed by atoms with E-state index in [0.29, 0.717) is 0 Å². The molecule has 4 heteroatoms. The number of aliphatic carboxylic acids is 1. The smallest absolute Gasteiger partial charge is 0.370 e. The normalized spacial score (nSPS) is 8.54. The van der Waals surface area contributed by atoms with Gasteiger partial charge in [0.1, 0.15) is 0 Å². The minimum Gasteiger partial charge on any atom is -0.477 e. The minimum atomic E-state index is -0.986. The van der Waals surface area contributed by atoms with Crippen molar-refractivity contribution in [3.63, 3.8) is 0 Å². The number of nitrogens with zero attached hydrogens (tertiary/aromatic N) is 1. The summed E-state index contributed by atoms with van der Waals surface area (Å²) in [5, 5.41) is 8.31. The summed E-state index contributed by atoms with van der Waals surface area (Å²) in [7, 11) is 0. The van der Waals surface area contributed by atoms with Crippen molar-refractivity contribution in [1.29, 1.82) is 0 Å². The molecule has 1 aromatic rings. The summed E-state index contributed by atoms with van der Waals surface area (Å²) in [6, 6.07) is 2.72. The fourth-order valence-corrected chi connectivity index (χ4v) is 0.745. The maximum absolute atomic E-state index is 12.4. The Hall–Kier alpha value is -1.45. The van der Waals surface area contributed by atoms with Crippen LogP contribution in [0, 0.1) is 5.82 Å². The average Bonchev–Trinajstić information content (AvgIpc) is 2.06. The summed E-state index contributed by atoms with van der Waals surface area (Å²) in [6.45, 7) is 3.79. The van der Waals surface area contributed by atoms with Gasteiger partial charge in [-0.3, -0.25) is 0 Å². The number of carbonyl (C=O) groups is 1. The molecule has 1 heterocycles. The van der Waals surface area contributed by atoms with E-state index in [0.717, 1.165) is 6.20 Å². The highest BCUT2D eigenvalue weighted by atomic mass is 19.1. The van der Waals surface area contributed by atoms with Crippen LogP contribution in [0.2, 0.25) is 0 Å². The van der Waals surface area contributed by atoms with E-state index in [9.17, 15) is 9.18 Å². The molecule has 0 saturated heterocycles. The molecule has 1 N–H and O–H groups in total. The lowest BCUT2D eigenvalue weighted by atomic mass is 10.4. The Kier molecular flexibility index (Phi) is 5.43. The topological polar surface area (TPSA) is 41.2 Å². The third-order valence-corrected chi connectivity index (χ3v) is 1.14. The molecule has 0 unspecified atom stereocenters. The predicted octanol–water partition coefficient (Wildman–Crippen LogP) is 1.22. The van der Waals surface area contributed by atoms with Crippen LogP contribution in [0.15, 0.2) is 24.5 Å².